The highest BCUT2D eigenvalue weighted by molar-refractivity contribution is 7.22. The van der Waals surface area contributed by atoms with Crippen LogP contribution in [0.1, 0.15) is 22.8 Å². The van der Waals surface area contributed by atoms with Crippen molar-refractivity contribution in [3.63, 3.8) is 0 Å². The molecule has 3 heterocycles. The van der Waals surface area contributed by atoms with Crippen LogP contribution in [-0.4, -0.2) is 54.7 Å². The number of benzene rings is 1. The summed E-state index contributed by atoms with van der Waals surface area (Å²) in [6, 6.07) is 13.4. The predicted octanol–water partition coefficient (Wildman–Crippen LogP) is 3.60. The van der Waals surface area contributed by atoms with Crippen molar-refractivity contribution in [1.82, 2.24) is 19.8 Å². The largest absolute Gasteiger partial charge is 0.494 e. The van der Waals surface area contributed by atoms with Gasteiger partial charge in [0.25, 0.3) is 11.5 Å². The molecule has 0 saturated carbocycles. The molecule has 3 aromatic heterocycles. The van der Waals surface area contributed by atoms with Crippen LogP contribution in [0.4, 0.5) is 0 Å². The quantitative estimate of drug-likeness (QED) is 0.464. The van der Waals surface area contributed by atoms with Gasteiger partial charge in [-0.15, -0.1) is 11.3 Å². The molecule has 0 aliphatic carbocycles. The molecule has 4 rings (SSSR count). The molecule has 0 aliphatic rings. The fourth-order valence-corrected chi connectivity index (χ4v) is 4.79. The number of nitrogens with one attached hydrogen (secondary N) is 1. The Morgan fingerprint density at radius 2 is 1.94 bits per heavy atom. The van der Waals surface area contributed by atoms with Gasteiger partial charge in [-0.05, 0) is 32.3 Å². The van der Waals surface area contributed by atoms with Crippen LogP contribution in [0.2, 0.25) is 0 Å². The van der Waals surface area contributed by atoms with Gasteiger partial charge in [0.15, 0.2) is 5.75 Å². The molecule has 7 nitrogen and oxygen atoms in total. The molecular weight excluding hydrogens is 424 g/mol. The van der Waals surface area contributed by atoms with E-state index in [1.54, 1.807) is 10.8 Å². The van der Waals surface area contributed by atoms with E-state index in [0.717, 1.165) is 27.8 Å². The molecule has 0 saturated heterocycles. The Balaban J connectivity index is 0.00000289. The van der Waals surface area contributed by atoms with Crippen molar-refractivity contribution in [1.29, 1.82) is 0 Å². The summed E-state index contributed by atoms with van der Waals surface area (Å²) in [6.07, 6.45) is 1.71. The molecule has 0 unspecified atom stereocenters. The molecule has 0 fully saturated rings. The molecule has 0 bridgehead atoms. The van der Waals surface area contributed by atoms with Gasteiger partial charge in [0.1, 0.15) is 10.3 Å². The Labute approximate surface area is 191 Å². The summed E-state index contributed by atoms with van der Waals surface area (Å²) in [4.78, 5) is 33.2. The van der Waals surface area contributed by atoms with Crippen LogP contribution in [0.25, 0.3) is 21.0 Å². The van der Waals surface area contributed by atoms with E-state index in [2.05, 4.69) is 10.3 Å². The number of hydrogen-bond donors (Lipinski definition) is 1. The monoisotopic (exact) mass is 452 g/mol. The first-order chi connectivity index (χ1) is 15.0. The minimum atomic E-state index is -0.236. The molecular formula is C24H28N4O3S. The number of nitrogens with zero attached hydrogens (tertiary/aromatic N) is 3. The van der Waals surface area contributed by atoms with Crippen LogP contribution < -0.4 is 15.6 Å². The fourth-order valence-electron chi connectivity index (χ4n) is 3.57. The lowest BCUT2D eigenvalue weighted by molar-refractivity contribution is 0.0952. The maximum Gasteiger partial charge on any atom is 0.265 e. The summed E-state index contributed by atoms with van der Waals surface area (Å²) in [7, 11) is 5.39. The number of ether oxygens (including phenoxy) is 1. The van der Waals surface area contributed by atoms with Crippen LogP contribution in [-0.2, 0) is 6.54 Å². The van der Waals surface area contributed by atoms with E-state index in [9.17, 15) is 9.59 Å². The number of rotatable bonds is 7. The third-order valence-corrected chi connectivity index (χ3v) is 6.27. The van der Waals surface area contributed by atoms with E-state index < -0.39 is 0 Å². The number of carbonyl (C=O) groups is 1. The minimum absolute atomic E-state index is 0. The van der Waals surface area contributed by atoms with Gasteiger partial charge in [0.05, 0.1) is 29.6 Å². The van der Waals surface area contributed by atoms with E-state index in [1.165, 1.54) is 18.4 Å². The highest BCUT2D eigenvalue weighted by Crippen LogP contribution is 2.39. The van der Waals surface area contributed by atoms with Crippen molar-refractivity contribution < 1.29 is 9.53 Å². The number of aromatic nitrogens is 2. The molecule has 0 radical (unpaired) electrons. The molecule has 0 aliphatic heterocycles. The molecule has 168 valence electrons. The molecule has 32 heavy (non-hydrogen) atoms. The number of hydrogen-bond acceptors (Lipinski definition) is 6. The summed E-state index contributed by atoms with van der Waals surface area (Å²) < 4.78 is 8.05. The van der Waals surface area contributed by atoms with E-state index >= 15 is 0 Å². The van der Waals surface area contributed by atoms with Crippen LogP contribution in [0.15, 0.2) is 53.5 Å². The first-order valence-electron chi connectivity index (χ1n) is 9.96. The molecule has 0 spiro atoms. The lowest BCUT2D eigenvalue weighted by atomic mass is 10.1. The summed E-state index contributed by atoms with van der Waals surface area (Å²) in [5.74, 6) is 0.0903. The maximum atomic E-state index is 13.6. The van der Waals surface area contributed by atoms with E-state index in [-0.39, 0.29) is 18.9 Å². The second kappa shape index (κ2) is 9.93. The number of methoxy groups -OCH3 is 1. The average molecular weight is 453 g/mol. The normalized spacial score (nSPS) is 11.0. The smallest absolute Gasteiger partial charge is 0.265 e. The van der Waals surface area contributed by atoms with Crippen LogP contribution in [0.3, 0.4) is 0 Å². The van der Waals surface area contributed by atoms with Gasteiger partial charge in [-0.2, -0.15) is 0 Å². The number of fused-ring (bicyclic) bond motifs is 3. The lowest BCUT2D eigenvalue weighted by Gasteiger charge is -2.12. The van der Waals surface area contributed by atoms with Gasteiger partial charge < -0.3 is 19.5 Å². The van der Waals surface area contributed by atoms with E-state index in [0.29, 0.717) is 29.1 Å². The summed E-state index contributed by atoms with van der Waals surface area (Å²) in [6.45, 7) is 1.56. The lowest BCUT2D eigenvalue weighted by Crippen LogP contribution is -2.31. The van der Waals surface area contributed by atoms with Crippen molar-refractivity contribution in [2.24, 2.45) is 0 Å². The van der Waals surface area contributed by atoms with E-state index in [1.807, 2.05) is 61.5 Å². The molecule has 1 aromatic carbocycles. The topological polar surface area (TPSA) is 76.5 Å². The van der Waals surface area contributed by atoms with Crippen molar-refractivity contribution in [2.45, 2.75) is 14.0 Å². The third-order valence-electron chi connectivity index (χ3n) is 5.06. The number of thiophene rings is 1. The zero-order valence-electron chi connectivity index (χ0n) is 17.7. The van der Waals surface area contributed by atoms with Crippen molar-refractivity contribution >= 4 is 38.2 Å². The van der Waals surface area contributed by atoms with Crippen molar-refractivity contribution in [3.8, 4) is 5.75 Å². The van der Waals surface area contributed by atoms with Crippen LogP contribution in [0.5, 0.6) is 5.75 Å². The van der Waals surface area contributed by atoms with Gasteiger partial charge in [0, 0.05) is 24.7 Å². The standard InChI is InChI=1S/C23H24N4O3S.CH4/c1-26(2)13-12-25-22(28)21-19(30-3)18-20(31-21)16-9-4-5-10-17(16)27(23(18)29)14-15-8-6-7-11-24-15;/h4-11H,12-14H2,1-3H3,(H,25,28);1H4. The van der Waals surface area contributed by atoms with Gasteiger partial charge in [0.2, 0.25) is 0 Å². The van der Waals surface area contributed by atoms with Crippen LogP contribution >= 0.6 is 11.3 Å². The molecule has 8 heteroatoms. The second-order valence-electron chi connectivity index (χ2n) is 7.46. The highest BCUT2D eigenvalue weighted by atomic mass is 32.1. The SMILES string of the molecule is C.COc1c(C(=O)NCCN(C)C)sc2c1c(=O)n(Cc1ccccn1)c1ccccc21. The molecule has 0 atom stereocenters. The third kappa shape index (κ3) is 4.37. The summed E-state index contributed by atoms with van der Waals surface area (Å²) in [5.41, 5.74) is 1.39. The Morgan fingerprint density at radius 3 is 2.62 bits per heavy atom. The number of likely N-dealkylation sites (N-methyl/N-ethyl adjacent to an activating group) is 1. The summed E-state index contributed by atoms with van der Waals surface area (Å²) >= 11 is 1.29. The second-order valence-corrected chi connectivity index (χ2v) is 8.48. The zero-order valence-corrected chi connectivity index (χ0v) is 18.5. The molecule has 4 aromatic rings. The fraction of sp³-hybridized carbons (Fsp3) is 0.292. The summed E-state index contributed by atoms with van der Waals surface area (Å²) in [5, 5.41) is 4.26. The number of amides is 1. The van der Waals surface area contributed by atoms with Gasteiger partial charge in [-0.3, -0.25) is 14.6 Å². The average Bonchev–Trinajstić information content (AvgIpc) is 3.17. The minimum Gasteiger partial charge on any atom is -0.494 e. The van der Waals surface area contributed by atoms with Gasteiger partial charge in [-0.25, -0.2) is 0 Å². The first kappa shape index (κ1) is 23.4. The zero-order chi connectivity index (χ0) is 22.0. The Bertz CT molecular complexity index is 1300. The number of pyridine rings is 2. The Morgan fingerprint density at radius 1 is 1.19 bits per heavy atom. The highest BCUT2D eigenvalue weighted by Gasteiger charge is 2.24. The van der Waals surface area contributed by atoms with Gasteiger partial charge in [-0.1, -0.05) is 31.7 Å². The first-order valence-corrected chi connectivity index (χ1v) is 10.8. The predicted molar refractivity (Wildman–Crippen MR) is 131 cm³/mol. The number of carbonyl (C=O) groups excluding carboxylic acids is 1. The van der Waals surface area contributed by atoms with Crippen LogP contribution in [0, 0.1) is 0 Å². The van der Waals surface area contributed by atoms with E-state index in [4.69, 9.17) is 4.74 Å². The Kier molecular flexibility index (Phi) is 7.27. The Hall–Kier alpha value is -3.23. The van der Waals surface area contributed by atoms with Crippen molar-refractivity contribution in [2.75, 3.05) is 34.3 Å². The molecule has 1 N–H and O–H groups in total. The maximum absolute atomic E-state index is 13.6. The number of para-hydroxylation sites is 1. The molecule has 1 amide bonds. The van der Waals surface area contributed by atoms with Crippen molar-refractivity contribution in [3.05, 3.63) is 69.6 Å². The van der Waals surface area contributed by atoms with Gasteiger partial charge >= 0.3 is 0 Å².